The van der Waals surface area contributed by atoms with E-state index in [9.17, 15) is 9.59 Å². The maximum Gasteiger partial charge on any atom is 0.273 e. The quantitative estimate of drug-likeness (QED) is 0.814. The molecule has 7 heteroatoms. The van der Waals surface area contributed by atoms with Gasteiger partial charge in [-0.1, -0.05) is 23.7 Å². The molecule has 0 radical (unpaired) electrons. The van der Waals surface area contributed by atoms with Gasteiger partial charge in [-0.25, -0.2) is 0 Å². The number of benzene rings is 2. The van der Waals surface area contributed by atoms with Gasteiger partial charge < -0.3 is 9.47 Å². The number of nitrogens with one attached hydrogen (secondary N) is 2. The smallest absolute Gasteiger partial charge is 0.273 e. The highest BCUT2D eigenvalue weighted by Crippen LogP contribution is 2.22. The lowest BCUT2D eigenvalue weighted by atomic mass is 10.1. The van der Waals surface area contributed by atoms with Crippen molar-refractivity contribution in [2.75, 3.05) is 14.2 Å². The summed E-state index contributed by atoms with van der Waals surface area (Å²) < 4.78 is 10.1. The van der Waals surface area contributed by atoms with Crippen LogP contribution in [-0.4, -0.2) is 26.0 Å². The van der Waals surface area contributed by atoms with E-state index in [0.29, 0.717) is 22.9 Å². The molecular weight excluding hydrogens is 332 g/mol. The van der Waals surface area contributed by atoms with Gasteiger partial charge in [-0.3, -0.25) is 20.4 Å². The van der Waals surface area contributed by atoms with Gasteiger partial charge in [-0.05, 0) is 35.9 Å². The van der Waals surface area contributed by atoms with Crippen LogP contribution >= 0.6 is 11.6 Å². The third kappa shape index (κ3) is 4.47. The van der Waals surface area contributed by atoms with E-state index in [1.54, 1.807) is 43.5 Å². The van der Waals surface area contributed by atoms with Crippen molar-refractivity contribution in [3.8, 4) is 5.75 Å². The summed E-state index contributed by atoms with van der Waals surface area (Å²) in [7, 11) is 3.04. The van der Waals surface area contributed by atoms with E-state index in [2.05, 4.69) is 10.9 Å². The molecule has 0 saturated heterocycles. The molecular formula is C17H17ClN2O4. The Morgan fingerprint density at radius 3 is 2.29 bits per heavy atom. The fourth-order valence-corrected chi connectivity index (χ4v) is 2.20. The molecule has 126 valence electrons. The summed E-state index contributed by atoms with van der Waals surface area (Å²) in [6.45, 7) is 0.465. The molecule has 2 aromatic carbocycles. The molecule has 0 aromatic heterocycles. The first-order valence-corrected chi connectivity index (χ1v) is 7.45. The van der Waals surface area contributed by atoms with E-state index < -0.39 is 11.8 Å². The topological polar surface area (TPSA) is 76.7 Å². The third-order valence-corrected chi connectivity index (χ3v) is 3.46. The van der Waals surface area contributed by atoms with Crippen LogP contribution < -0.4 is 15.6 Å². The number of rotatable bonds is 5. The van der Waals surface area contributed by atoms with Gasteiger partial charge in [0, 0.05) is 17.7 Å². The van der Waals surface area contributed by atoms with Gasteiger partial charge in [0.05, 0.1) is 19.3 Å². The van der Waals surface area contributed by atoms with E-state index in [1.165, 1.54) is 13.2 Å². The van der Waals surface area contributed by atoms with Gasteiger partial charge in [0.15, 0.2) is 0 Å². The predicted molar refractivity (Wildman–Crippen MR) is 90.1 cm³/mol. The molecule has 2 rings (SSSR count). The Morgan fingerprint density at radius 1 is 1.00 bits per heavy atom. The molecule has 0 bridgehead atoms. The minimum absolute atomic E-state index is 0.223. The summed E-state index contributed by atoms with van der Waals surface area (Å²) in [6, 6.07) is 11.5. The number of hydrogen-bond acceptors (Lipinski definition) is 4. The number of methoxy groups -OCH3 is 2. The highest BCUT2D eigenvalue weighted by Gasteiger charge is 2.14. The molecule has 2 aromatic rings. The van der Waals surface area contributed by atoms with Crippen LogP contribution in [0.15, 0.2) is 42.5 Å². The number of carbonyl (C=O) groups is 2. The normalized spacial score (nSPS) is 10.1. The summed E-state index contributed by atoms with van der Waals surface area (Å²) in [6.07, 6.45) is 0. The van der Waals surface area contributed by atoms with E-state index in [1.807, 2.05) is 0 Å². The zero-order chi connectivity index (χ0) is 17.5. The number of carbonyl (C=O) groups excluding carboxylic acids is 2. The summed E-state index contributed by atoms with van der Waals surface area (Å²) in [5, 5.41) is 0.390. The lowest BCUT2D eigenvalue weighted by molar-refractivity contribution is 0.0845. The number of hydrogen-bond donors (Lipinski definition) is 2. The van der Waals surface area contributed by atoms with Crippen LogP contribution in [-0.2, 0) is 11.3 Å². The number of halogens is 1. The van der Waals surface area contributed by atoms with E-state index in [4.69, 9.17) is 21.1 Å². The Bertz CT molecular complexity index is 732. The maximum absolute atomic E-state index is 12.2. The summed E-state index contributed by atoms with van der Waals surface area (Å²) in [4.78, 5) is 24.2. The summed E-state index contributed by atoms with van der Waals surface area (Å²) in [5.74, 6) is -0.609. The lowest BCUT2D eigenvalue weighted by Crippen LogP contribution is -2.41. The zero-order valence-corrected chi connectivity index (χ0v) is 14.0. The van der Waals surface area contributed by atoms with Crippen molar-refractivity contribution in [2.24, 2.45) is 0 Å². The molecule has 0 heterocycles. The van der Waals surface area contributed by atoms with Gasteiger partial charge in [-0.2, -0.15) is 0 Å². The molecule has 0 aliphatic carbocycles. The molecule has 2 amide bonds. The number of hydrazine groups is 1. The molecule has 0 fully saturated rings. The highest BCUT2D eigenvalue weighted by molar-refractivity contribution is 6.31. The van der Waals surface area contributed by atoms with Crippen molar-refractivity contribution in [3.63, 3.8) is 0 Å². The third-order valence-electron chi connectivity index (χ3n) is 3.22. The second-order valence-corrected chi connectivity index (χ2v) is 5.32. The van der Waals surface area contributed by atoms with Crippen LogP contribution in [0.25, 0.3) is 0 Å². The molecule has 6 nitrogen and oxygen atoms in total. The predicted octanol–water partition coefficient (Wildman–Crippen LogP) is 2.57. The van der Waals surface area contributed by atoms with E-state index in [0.717, 1.165) is 5.56 Å². The van der Waals surface area contributed by atoms with Crippen molar-refractivity contribution < 1.29 is 19.1 Å². The summed E-state index contributed by atoms with van der Waals surface area (Å²) >= 11 is 5.88. The standard InChI is InChI=1S/C17H17ClN2O4/c1-23-10-11-3-5-12(6-4-11)16(21)19-20-17(22)14-9-13(18)7-8-15(14)24-2/h3-9H,10H2,1-2H3,(H,19,21)(H,20,22). The van der Waals surface area contributed by atoms with E-state index in [-0.39, 0.29) is 5.56 Å². The van der Waals surface area contributed by atoms with Crippen molar-refractivity contribution in [1.82, 2.24) is 10.9 Å². The lowest BCUT2D eigenvalue weighted by Gasteiger charge is -2.11. The maximum atomic E-state index is 12.2. The SMILES string of the molecule is COCc1ccc(C(=O)NNC(=O)c2cc(Cl)ccc2OC)cc1. The van der Waals surface area contributed by atoms with Gasteiger partial charge in [0.2, 0.25) is 0 Å². The number of ether oxygens (including phenoxy) is 2. The molecule has 24 heavy (non-hydrogen) atoms. The minimum atomic E-state index is -0.529. The second kappa shape index (κ2) is 8.33. The van der Waals surface area contributed by atoms with Crippen LogP contribution in [0, 0.1) is 0 Å². The molecule has 0 aliphatic heterocycles. The van der Waals surface area contributed by atoms with Crippen LogP contribution in [0.2, 0.25) is 5.02 Å². The average molecular weight is 349 g/mol. The highest BCUT2D eigenvalue weighted by atomic mass is 35.5. The zero-order valence-electron chi connectivity index (χ0n) is 13.3. The molecule has 0 unspecified atom stereocenters. The molecule has 0 aliphatic rings. The summed E-state index contributed by atoms with van der Waals surface area (Å²) in [5.41, 5.74) is 6.27. The second-order valence-electron chi connectivity index (χ2n) is 4.88. The Balaban J connectivity index is 2.01. The first kappa shape index (κ1) is 17.8. The molecule has 2 N–H and O–H groups in total. The van der Waals surface area contributed by atoms with Crippen LogP contribution in [0.5, 0.6) is 5.75 Å². The van der Waals surface area contributed by atoms with Crippen molar-refractivity contribution >= 4 is 23.4 Å². The Hall–Kier alpha value is -2.57. The minimum Gasteiger partial charge on any atom is -0.496 e. The Kier molecular flexibility index (Phi) is 6.17. The fraction of sp³-hybridized carbons (Fsp3) is 0.176. The first-order valence-electron chi connectivity index (χ1n) is 7.07. The van der Waals surface area contributed by atoms with Crippen molar-refractivity contribution in [2.45, 2.75) is 6.61 Å². The fourth-order valence-electron chi connectivity index (χ4n) is 2.03. The Morgan fingerprint density at radius 2 is 1.67 bits per heavy atom. The van der Waals surface area contributed by atoms with Gasteiger partial charge in [0.1, 0.15) is 5.75 Å². The van der Waals surface area contributed by atoms with Gasteiger partial charge in [0.25, 0.3) is 11.8 Å². The van der Waals surface area contributed by atoms with Gasteiger partial charge >= 0.3 is 0 Å². The van der Waals surface area contributed by atoms with Crippen LogP contribution in [0.1, 0.15) is 26.3 Å². The van der Waals surface area contributed by atoms with Crippen molar-refractivity contribution in [1.29, 1.82) is 0 Å². The largest absolute Gasteiger partial charge is 0.496 e. The molecule has 0 spiro atoms. The number of amides is 2. The molecule has 0 atom stereocenters. The monoisotopic (exact) mass is 348 g/mol. The van der Waals surface area contributed by atoms with Crippen molar-refractivity contribution in [3.05, 3.63) is 64.2 Å². The first-order chi connectivity index (χ1) is 11.5. The van der Waals surface area contributed by atoms with Crippen LogP contribution in [0.3, 0.4) is 0 Å². The van der Waals surface area contributed by atoms with Gasteiger partial charge in [-0.15, -0.1) is 0 Å². The Labute approximate surface area is 144 Å². The average Bonchev–Trinajstić information content (AvgIpc) is 2.60. The van der Waals surface area contributed by atoms with Crippen LogP contribution in [0.4, 0.5) is 0 Å². The molecule has 0 saturated carbocycles. The van der Waals surface area contributed by atoms with E-state index >= 15 is 0 Å².